The number of hydrogen-bond acceptors (Lipinski definition) is 3. The molecule has 0 aliphatic heterocycles. The number of rotatable bonds is 2. The molecule has 0 fully saturated rings. The summed E-state index contributed by atoms with van der Waals surface area (Å²) in [5.74, 6) is 0.111. The lowest BCUT2D eigenvalue weighted by molar-refractivity contribution is 0.428. The van der Waals surface area contributed by atoms with Crippen molar-refractivity contribution < 1.29 is 5.11 Å². The van der Waals surface area contributed by atoms with Gasteiger partial charge in [0.25, 0.3) is 0 Å². The van der Waals surface area contributed by atoms with Crippen LogP contribution in [0.2, 0.25) is 0 Å². The molecule has 0 heterocycles. The fourth-order valence-electron chi connectivity index (χ4n) is 1.25. The van der Waals surface area contributed by atoms with E-state index in [1.165, 1.54) is 0 Å². The number of aromatic hydroxyl groups is 1. The molecule has 0 bridgehead atoms. The van der Waals surface area contributed by atoms with E-state index in [-0.39, 0.29) is 12.2 Å². The lowest BCUT2D eigenvalue weighted by Crippen LogP contribution is -2.32. The molecule has 3 nitrogen and oxygen atoms in total. The Morgan fingerprint density at radius 3 is 2.79 bits per heavy atom. The van der Waals surface area contributed by atoms with Crippen molar-refractivity contribution >= 4 is 15.9 Å². The van der Waals surface area contributed by atoms with Gasteiger partial charge >= 0.3 is 0 Å². The molecule has 0 saturated heterocycles. The summed E-state index contributed by atoms with van der Waals surface area (Å²) < 4.78 is 0.784. The first-order chi connectivity index (χ1) is 6.47. The Labute approximate surface area is 91.3 Å². The van der Waals surface area contributed by atoms with Gasteiger partial charge < -0.3 is 10.8 Å². The highest BCUT2D eigenvalue weighted by atomic mass is 79.9. The smallest absolute Gasteiger partial charge is 0.121 e. The van der Waals surface area contributed by atoms with E-state index in [0.29, 0.717) is 5.56 Å². The minimum Gasteiger partial charge on any atom is -0.508 e. The van der Waals surface area contributed by atoms with Crippen molar-refractivity contribution in [3.63, 3.8) is 0 Å². The van der Waals surface area contributed by atoms with E-state index < -0.39 is 5.54 Å². The molecule has 1 atom stereocenters. The fourth-order valence-corrected chi connectivity index (χ4v) is 1.60. The zero-order valence-electron chi connectivity index (χ0n) is 7.79. The van der Waals surface area contributed by atoms with E-state index in [1.807, 2.05) is 6.07 Å². The van der Waals surface area contributed by atoms with Gasteiger partial charge in [-0.1, -0.05) is 22.0 Å². The Balaban J connectivity index is 3.14. The van der Waals surface area contributed by atoms with Gasteiger partial charge in [0.05, 0.1) is 18.0 Å². The largest absolute Gasteiger partial charge is 0.508 e. The van der Waals surface area contributed by atoms with Crippen LogP contribution in [-0.4, -0.2) is 5.11 Å². The molecule has 1 rings (SSSR count). The molecule has 4 heteroatoms. The highest BCUT2D eigenvalue weighted by Crippen LogP contribution is 2.31. The molecule has 14 heavy (non-hydrogen) atoms. The van der Waals surface area contributed by atoms with Gasteiger partial charge in [-0.05, 0) is 19.1 Å². The summed E-state index contributed by atoms with van der Waals surface area (Å²) in [5, 5.41) is 18.2. The summed E-state index contributed by atoms with van der Waals surface area (Å²) in [6, 6.07) is 7.08. The van der Waals surface area contributed by atoms with Crippen molar-refractivity contribution in [1.82, 2.24) is 0 Å². The summed E-state index contributed by atoms with van der Waals surface area (Å²) in [5.41, 5.74) is 5.68. The van der Waals surface area contributed by atoms with Crippen molar-refractivity contribution in [3.05, 3.63) is 28.2 Å². The van der Waals surface area contributed by atoms with Crippen molar-refractivity contribution in [2.24, 2.45) is 5.73 Å². The van der Waals surface area contributed by atoms with Crippen molar-refractivity contribution in [1.29, 1.82) is 5.26 Å². The molecule has 3 N–H and O–H groups in total. The molecule has 0 aromatic heterocycles. The third-order valence-corrected chi connectivity index (χ3v) is 2.51. The Morgan fingerprint density at radius 2 is 2.29 bits per heavy atom. The van der Waals surface area contributed by atoms with Crippen LogP contribution in [-0.2, 0) is 5.54 Å². The first-order valence-electron chi connectivity index (χ1n) is 4.12. The number of hydrogen-bond donors (Lipinski definition) is 2. The monoisotopic (exact) mass is 254 g/mol. The van der Waals surface area contributed by atoms with Gasteiger partial charge in [-0.15, -0.1) is 0 Å². The Morgan fingerprint density at radius 1 is 1.64 bits per heavy atom. The van der Waals surface area contributed by atoms with Crippen LogP contribution in [0.5, 0.6) is 5.75 Å². The molecule has 0 amide bonds. The summed E-state index contributed by atoms with van der Waals surface area (Å²) in [6.45, 7) is 1.72. The molecule has 0 aliphatic rings. The molecule has 1 aromatic carbocycles. The average Bonchev–Trinajstić information content (AvgIpc) is 2.02. The third kappa shape index (κ3) is 2.25. The second-order valence-corrected chi connectivity index (χ2v) is 4.33. The molecule has 0 saturated carbocycles. The van der Waals surface area contributed by atoms with E-state index in [4.69, 9.17) is 11.0 Å². The molecule has 0 spiro atoms. The number of nitriles is 1. The molecule has 0 aliphatic carbocycles. The van der Waals surface area contributed by atoms with Crippen LogP contribution in [0, 0.1) is 11.3 Å². The van der Waals surface area contributed by atoms with Gasteiger partial charge in [-0.2, -0.15) is 5.26 Å². The first-order valence-corrected chi connectivity index (χ1v) is 4.91. The first kappa shape index (κ1) is 11.0. The third-order valence-electron chi connectivity index (χ3n) is 2.02. The lowest BCUT2D eigenvalue weighted by atomic mass is 9.90. The molecule has 0 unspecified atom stereocenters. The van der Waals surface area contributed by atoms with Crippen molar-refractivity contribution in [3.8, 4) is 11.8 Å². The van der Waals surface area contributed by atoms with E-state index in [1.54, 1.807) is 25.1 Å². The van der Waals surface area contributed by atoms with E-state index in [2.05, 4.69) is 15.9 Å². The zero-order valence-corrected chi connectivity index (χ0v) is 9.37. The maximum Gasteiger partial charge on any atom is 0.121 e. The van der Waals surface area contributed by atoms with Crippen LogP contribution >= 0.6 is 15.9 Å². The zero-order chi connectivity index (χ0) is 10.8. The van der Waals surface area contributed by atoms with Crippen LogP contribution < -0.4 is 5.73 Å². The average molecular weight is 255 g/mol. The minimum atomic E-state index is -0.806. The molecular formula is C10H11BrN2O. The van der Waals surface area contributed by atoms with Crippen LogP contribution in [0.15, 0.2) is 22.7 Å². The highest BCUT2D eigenvalue weighted by Gasteiger charge is 2.24. The summed E-state index contributed by atoms with van der Waals surface area (Å²) in [4.78, 5) is 0. The van der Waals surface area contributed by atoms with Crippen LogP contribution in [0.3, 0.4) is 0 Å². The van der Waals surface area contributed by atoms with Gasteiger partial charge in [0.1, 0.15) is 5.75 Å². The van der Waals surface area contributed by atoms with Gasteiger partial charge in [-0.3, -0.25) is 0 Å². The van der Waals surface area contributed by atoms with Crippen LogP contribution in [0.4, 0.5) is 0 Å². The Hall–Kier alpha value is -1.05. The van der Waals surface area contributed by atoms with Gasteiger partial charge in [-0.25, -0.2) is 0 Å². The number of nitrogens with zero attached hydrogens (tertiary/aromatic N) is 1. The quantitative estimate of drug-likeness (QED) is 0.851. The lowest BCUT2D eigenvalue weighted by Gasteiger charge is -2.22. The van der Waals surface area contributed by atoms with Gasteiger partial charge in [0.15, 0.2) is 0 Å². The summed E-state index contributed by atoms with van der Waals surface area (Å²) >= 11 is 3.24. The number of nitrogens with two attached hydrogens (primary N) is 1. The number of halogens is 1. The highest BCUT2D eigenvalue weighted by molar-refractivity contribution is 9.10. The second-order valence-electron chi connectivity index (χ2n) is 3.41. The normalized spacial score (nSPS) is 14.4. The van der Waals surface area contributed by atoms with E-state index in [9.17, 15) is 5.11 Å². The maximum atomic E-state index is 9.63. The number of phenols is 1. The van der Waals surface area contributed by atoms with Crippen molar-refractivity contribution in [2.45, 2.75) is 18.9 Å². The van der Waals surface area contributed by atoms with E-state index >= 15 is 0 Å². The molecular weight excluding hydrogens is 244 g/mol. The SMILES string of the molecule is C[C@](N)(CC#N)c1ccc(Br)cc1O. The number of phenolic OH excluding ortho intramolecular Hbond substituents is 1. The Kier molecular flexibility index (Phi) is 3.14. The van der Waals surface area contributed by atoms with Crippen LogP contribution in [0.1, 0.15) is 18.9 Å². The predicted octanol–water partition coefficient (Wildman–Crippen LogP) is 2.24. The van der Waals surface area contributed by atoms with Crippen molar-refractivity contribution in [2.75, 3.05) is 0 Å². The fraction of sp³-hybridized carbons (Fsp3) is 0.300. The second kappa shape index (κ2) is 3.99. The Bertz CT molecular complexity index is 382. The standard InChI is InChI=1S/C10H11BrN2O/c1-10(13,4-5-12)8-3-2-7(11)6-9(8)14/h2-3,6,14H,4,13H2,1H3/t10-/m0/s1. The summed E-state index contributed by atoms with van der Waals surface area (Å²) in [6.07, 6.45) is 0.169. The molecule has 74 valence electrons. The van der Waals surface area contributed by atoms with Gasteiger partial charge in [0.2, 0.25) is 0 Å². The summed E-state index contributed by atoms with van der Waals surface area (Å²) in [7, 11) is 0. The topological polar surface area (TPSA) is 70.0 Å². The molecule has 1 aromatic rings. The molecule has 0 radical (unpaired) electrons. The maximum absolute atomic E-state index is 9.63. The minimum absolute atomic E-state index is 0.111. The van der Waals surface area contributed by atoms with Crippen LogP contribution in [0.25, 0.3) is 0 Å². The van der Waals surface area contributed by atoms with Gasteiger partial charge in [0, 0.05) is 10.0 Å². The predicted molar refractivity (Wildman–Crippen MR) is 57.6 cm³/mol. The number of benzene rings is 1. The van der Waals surface area contributed by atoms with E-state index in [0.717, 1.165) is 4.47 Å².